The van der Waals surface area contributed by atoms with Gasteiger partial charge < -0.3 is 10.4 Å². The van der Waals surface area contributed by atoms with E-state index in [-0.39, 0.29) is 11.7 Å². The minimum absolute atomic E-state index is 0.0624. The second kappa shape index (κ2) is 6.81. The smallest absolute Gasteiger partial charge is 0.234 e. The van der Waals surface area contributed by atoms with E-state index in [9.17, 15) is 9.90 Å². The SMILES string of the molecule is Cc1ccc(NC(=O)CSc2ccc(O)cc2)c(Br)c1. The maximum absolute atomic E-state index is 11.9. The standard InChI is InChI=1S/C15H14BrNO2S/c1-10-2-7-14(13(16)8-10)17-15(19)9-20-12-5-3-11(18)4-6-12/h2-8,18H,9H2,1H3,(H,17,19). The number of nitrogens with one attached hydrogen (secondary N) is 1. The van der Waals surface area contributed by atoms with Crippen LogP contribution >= 0.6 is 27.7 Å². The molecule has 0 aromatic heterocycles. The van der Waals surface area contributed by atoms with Crippen LogP contribution in [0.15, 0.2) is 51.8 Å². The van der Waals surface area contributed by atoms with Gasteiger partial charge in [0.15, 0.2) is 0 Å². The third kappa shape index (κ3) is 4.28. The van der Waals surface area contributed by atoms with Crippen LogP contribution in [0.5, 0.6) is 5.75 Å². The summed E-state index contributed by atoms with van der Waals surface area (Å²) in [5.41, 5.74) is 1.90. The van der Waals surface area contributed by atoms with Gasteiger partial charge in [-0.15, -0.1) is 11.8 Å². The molecule has 0 aliphatic rings. The van der Waals surface area contributed by atoms with Crippen LogP contribution in [0, 0.1) is 6.92 Å². The molecule has 0 aliphatic carbocycles. The lowest BCUT2D eigenvalue weighted by Gasteiger charge is -2.08. The lowest BCUT2D eigenvalue weighted by Crippen LogP contribution is -2.14. The number of carbonyl (C=O) groups is 1. The highest BCUT2D eigenvalue weighted by atomic mass is 79.9. The van der Waals surface area contributed by atoms with Crippen LogP contribution in [0.1, 0.15) is 5.56 Å². The van der Waals surface area contributed by atoms with E-state index >= 15 is 0 Å². The summed E-state index contributed by atoms with van der Waals surface area (Å²) in [5.74, 6) is 0.487. The maximum Gasteiger partial charge on any atom is 0.234 e. The van der Waals surface area contributed by atoms with E-state index in [0.717, 1.165) is 20.6 Å². The highest BCUT2D eigenvalue weighted by molar-refractivity contribution is 9.10. The fourth-order valence-electron chi connectivity index (χ4n) is 1.60. The number of hydrogen-bond donors (Lipinski definition) is 2. The Bertz CT molecular complexity index is 614. The van der Waals surface area contributed by atoms with E-state index < -0.39 is 0 Å². The number of carbonyl (C=O) groups excluding carboxylic acids is 1. The molecule has 0 saturated carbocycles. The van der Waals surface area contributed by atoms with Gasteiger partial charge in [-0.2, -0.15) is 0 Å². The molecule has 0 heterocycles. The van der Waals surface area contributed by atoms with Crippen molar-refractivity contribution in [1.82, 2.24) is 0 Å². The number of thioether (sulfide) groups is 1. The molecule has 2 aromatic rings. The second-order valence-electron chi connectivity index (χ2n) is 4.31. The molecule has 0 fully saturated rings. The summed E-state index contributed by atoms with van der Waals surface area (Å²) in [5, 5.41) is 12.1. The largest absolute Gasteiger partial charge is 0.508 e. The zero-order valence-electron chi connectivity index (χ0n) is 10.9. The molecule has 2 aromatic carbocycles. The molecule has 2 rings (SSSR count). The lowest BCUT2D eigenvalue weighted by atomic mass is 10.2. The molecule has 0 radical (unpaired) electrons. The fraction of sp³-hybridized carbons (Fsp3) is 0.133. The van der Waals surface area contributed by atoms with Crippen molar-refractivity contribution in [3.05, 3.63) is 52.5 Å². The molecule has 0 bridgehead atoms. The Balaban J connectivity index is 1.90. The topological polar surface area (TPSA) is 49.3 Å². The monoisotopic (exact) mass is 351 g/mol. The minimum Gasteiger partial charge on any atom is -0.508 e. The van der Waals surface area contributed by atoms with Crippen molar-refractivity contribution >= 4 is 39.3 Å². The molecule has 0 atom stereocenters. The number of hydrogen-bond acceptors (Lipinski definition) is 3. The average molecular weight is 352 g/mol. The lowest BCUT2D eigenvalue weighted by molar-refractivity contribution is -0.113. The fourth-order valence-corrected chi connectivity index (χ4v) is 2.89. The highest BCUT2D eigenvalue weighted by Gasteiger charge is 2.06. The van der Waals surface area contributed by atoms with E-state index in [1.165, 1.54) is 11.8 Å². The predicted octanol–water partition coefficient (Wildman–Crippen LogP) is 4.19. The first-order chi connectivity index (χ1) is 9.54. The van der Waals surface area contributed by atoms with Gasteiger partial charge in [0.1, 0.15) is 5.75 Å². The molecule has 0 unspecified atom stereocenters. The first-order valence-electron chi connectivity index (χ1n) is 6.02. The van der Waals surface area contributed by atoms with Crippen molar-refractivity contribution < 1.29 is 9.90 Å². The summed E-state index contributed by atoms with van der Waals surface area (Å²) in [6.07, 6.45) is 0. The molecule has 0 aliphatic heterocycles. The number of benzene rings is 2. The van der Waals surface area contributed by atoms with Crippen LogP contribution in [0.2, 0.25) is 0 Å². The van der Waals surface area contributed by atoms with Gasteiger partial charge in [-0.25, -0.2) is 0 Å². The maximum atomic E-state index is 11.9. The Hall–Kier alpha value is -1.46. The normalized spacial score (nSPS) is 10.3. The van der Waals surface area contributed by atoms with Crippen molar-refractivity contribution in [2.24, 2.45) is 0 Å². The van der Waals surface area contributed by atoms with Crippen molar-refractivity contribution in [3.8, 4) is 5.75 Å². The van der Waals surface area contributed by atoms with Gasteiger partial charge in [0, 0.05) is 9.37 Å². The first-order valence-corrected chi connectivity index (χ1v) is 7.80. The number of phenolic OH excluding ortho intramolecular Hbond substituents is 1. The average Bonchev–Trinajstić information content (AvgIpc) is 2.41. The van der Waals surface area contributed by atoms with Gasteiger partial charge >= 0.3 is 0 Å². The minimum atomic E-state index is -0.0624. The van der Waals surface area contributed by atoms with Gasteiger partial charge in [0.25, 0.3) is 0 Å². The number of aryl methyl sites for hydroxylation is 1. The second-order valence-corrected chi connectivity index (χ2v) is 6.22. The van der Waals surface area contributed by atoms with Crippen LogP contribution in [-0.4, -0.2) is 16.8 Å². The Morgan fingerprint density at radius 2 is 1.95 bits per heavy atom. The molecule has 1 amide bonds. The van der Waals surface area contributed by atoms with Gasteiger partial charge in [-0.3, -0.25) is 4.79 Å². The molecule has 3 nitrogen and oxygen atoms in total. The number of amides is 1. The zero-order chi connectivity index (χ0) is 14.5. The summed E-state index contributed by atoms with van der Waals surface area (Å²) in [6.45, 7) is 2.00. The quantitative estimate of drug-likeness (QED) is 0.811. The Morgan fingerprint density at radius 3 is 2.60 bits per heavy atom. The number of anilines is 1. The van der Waals surface area contributed by atoms with Gasteiger partial charge in [-0.05, 0) is 64.8 Å². The van der Waals surface area contributed by atoms with Crippen molar-refractivity contribution in [2.45, 2.75) is 11.8 Å². The van der Waals surface area contributed by atoms with Crippen molar-refractivity contribution in [1.29, 1.82) is 0 Å². The Kier molecular flexibility index (Phi) is 5.09. The first kappa shape index (κ1) is 14.9. The third-order valence-corrected chi connectivity index (χ3v) is 4.27. The Morgan fingerprint density at radius 1 is 1.25 bits per heavy atom. The number of aromatic hydroxyl groups is 1. The predicted molar refractivity (Wildman–Crippen MR) is 86.3 cm³/mol. The summed E-state index contributed by atoms with van der Waals surface area (Å²) in [6, 6.07) is 12.6. The van der Waals surface area contributed by atoms with Crippen LogP contribution in [0.3, 0.4) is 0 Å². The van der Waals surface area contributed by atoms with Crippen LogP contribution in [0.4, 0.5) is 5.69 Å². The van der Waals surface area contributed by atoms with Crippen LogP contribution < -0.4 is 5.32 Å². The van der Waals surface area contributed by atoms with E-state index in [1.807, 2.05) is 25.1 Å². The third-order valence-electron chi connectivity index (χ3n) is 2.61. The summed E-state index contributed by atoms with van der Waals surface area (Å²) in [4.78, 5) is 12.8. The highest BCUT2D eigenvalue weighted by Crippen LogP contribution is 2.24. The molecule has 0 saturated heterocycles. The van der Waals surface area contributed by atoms with Crippen LogP contribution in [-0.2, 0) is 4.79 Å². The van der Waals surface area contributed by atoms with E-state index in [0.29, 0.717) is 5.75 Å². The van der Waals surface area contributed by atoms with Crippen LogP contribution in [0.25, 0.3) is 0 Å². The van der Waals surface area contributed by atoms with E-state index in [4.69, 9.17) is 0 Å². The molecule has 20 heavy (non-hydrogen) atoms. The number of halogens is 1. The molecule has 5 heteroatoms. The zero-order valence-corrected chi connectivity index (χ0v) is 13.3. The van der Waals surface area contributed by atoms with Crippen molar-refractivity contribution in [2.75, 3.05) is 11.1 Å². The molecule has 0 spiro atoms. The Labute approximate surface area is 130 Å². The number of rotatable bonds is 4. The molecule has 104 valence electrons. The molecular weight excluding hydrogens is 338 g/mol. The van der Waals surface area contributed by atoms with E-state index in [1.54, 1.807) is 24.3 Å². The number of phenols is 1. The van der Waals surface area contributed by atoms with Crippen molar-refractivity contribution in [3.63, 3.8) is 0 Å². The molecule has 2 N–H and O–H groups in total. The summed E-state index contributed by atoms with van der Waals surface area (Å²) in [7, 11) is 0. The van der Waals surface area contributed by atoms with Gasteiger partial charge in [0.05, 0.1) is 11.4 Å². The summed E-state index contributed by atoms with van der Waals surface area (Å²) >= 11 is 4.86. The van der Waals surface area contributed by atoms with E-state index in [2.05, 4.69) is 21.2 Å². The molecular formula is C15H14BrNO2S. The van der Waals surface area contributed by atoms with Gasteiger partial charge in [0.2, 0.25) is 5.91 Å². The summed E-state index contributed by atoms with van der Waals surface area (Å²) < 4.78 is 0.875. The van der Waals surface area contributed by atoms with Gasteiger partial charge in [-0.1, -0.05) is 6.07 Å².